The van der Waals surface area contributed by atoms with Crippen molar-refractivity contribution in [2.75, 3.05) is 0 Å². The number of ether oxygens (including phenoxy) is 1. The molecule has 58 valence electrons. The minimum atomic E-state index is -2.44. The molecule has 2 nitrogen and oxygen atoms in total. The first-order chi connectivity index (χ1) is 7.22. The summed E-state index contributed by atoms with van der Waals surface area (Å²) < 4.78 is 54.2. The molecule has 1 aromatic heterocycles. The third kappa shape index (κ3) is 1.67. The van der Waals surface area contributed by atoms with Crippen molar-refractivity contribution in [1.29, 1.82) is 0 Å². The van der Waals surface area contributed by atoms with Gasteiger partial charge >= 0.3 is 0 Å². The summed E-state index contributed by atoms with van der Waals surface area (Å²) in [4.78, 5) is 3.58. The van der Waals surface area contributed by atoms with Crippen molar-refractivity contribution in [2.45, 2.75) is 18.8 Å². The summed E-state index contributed by atoms with van der Waals surface area (Å²) in [6, 6.07) is 1.94. The second-order valence-corrected chi connectivity index (χ2v) is 1.99. The lowest BCUT2D eigenvalue weighted by Crippen LogP contribution is -1.97. The minimum Gasteiger partial charge on any atom is -0.474 e. The number of rotatable bonds is 2. The minimum absolute atomic E-state index is 0.305. The molecule has 1 saturated carbocycles. The van der Waals surface area contributed by atoms with Crippen LogP contribution < -0.4 is 4.74 Å². The molecule has 0 radical (unpaired) electrons. The van der Waals surface area contributed by atoms with Gasteiger partial charge in [0, 0.05) is 17.7 Å². The Bertz CT molecular complexity index is 424. The summed E-state index contributed by atoms with van der Waals surface area (Å²) in [5.74, 6) is -0.948. The molecule has 1 aliphatic rings. The Labute approximate surface area is 71.0 Å². The fourth-order valence-corrected chi connectivity index (χ4v) is 0.622. The van der Waals surface area contributed by atoms with Crippen LogP contribution in [0.3, 0.4) is 0 Å². The molecule has 1 aromatic rings. The topological polar surface area (TPSA) is 22.1 Å². The molecule has 0 spiro atoms. The Kier molecular flexibility index (Phi) is 0.699. The van der Waals surface area contributed by atoms with Gasteiger partial charge in [-0.3, -0.25) is 0 Å². The zero-order valence-electron chi connectivity index (χ0n) is 10.5. The Morgan fingerprint density at radius 1 is 1.82 bits per heavy atom. The van der Waals surface area contributed by atoms with E-state index in [2.05, 4.69) is 4.98 Å². The maximum Gasteiger partial charge on any atom is 0.216 e. The molecule has 3 heteroatoms. The Morgan fingerprint density at radius 2 is 2.64 bits per heavy atom. The van der Waals surface area contributed by atoms with Crippen molar-refractivity contribution in [2.24, 2.45) is 0 Å². The van der Waals surface area contributed by atoms with Crippen molar-refractivity contribution >= 4 is 0 Å². The lowest BCUT2D eigenvalue weighted by atomic mass is 10.5. The van der Waals surface area contributed by atoms with Crippen LogP contribution >= 0.6 is 0 Å². The van der Waals surface area contributed by atoms with E-state index < -0.39 is 24.6 Å². The van der Waals surface area contributed by atoms with Crippen molar-refractivity contribution in [3.05, 3.63) is 24.1 Å². The van der Waals surface area contributed by atoms with Crippen LogP contribution in [-0.2, 0) is 0 Å². The van der Waals surface area contributed by atoms with Crippen LogP contribution in [0.25, 0.3) is 0 Å². The van der Waals surface area contributed by atoms with Gasteiger partial charge in [-0.1, -0.05) is 0 Å². The normalized spacial score (nSPS) is 35.2. The van der Waals surface area contributed by atoms with Gasteiger partial charge < -0.3 is 4.74 Å². The quantitative estimate of drug-likeness (QED) is 0.654. The van der Waals surface area contributed by atoms with Gasteiger partial charge in [0.1, 0.15) is 11.9 Å². The molecule has 2 rings (SSSR count). The van der Waals surface area contributed by atoms with Gasteiger partial charge in [-0.15, -0.1) is 0 Å². The van der Waals surface area contributed by atoms with Gasteiger partial charge in [-0.05, 0) is 18.8 Å². The summed E-state index contributed by atoms with van der Waals surface area (Å²) in [7, 11) is 0. The van der Waals surface area contributed by atoms with Crippen LogP contribution in [0.15, 0.2) is 18.3 Å². The van der Waals surface area contributed by atoms with E-state index in [1.807, 2.05) is 0 Å². The fourth-order valence-electron chi connectivity index (χ4n) is 0.622. The first kappa shape index (κ1) is 3.09. The predicted octanol–water partition coefficient (Wildman–Crippen LogP) is 1.76. The smallest absolute Gasteiger partial charge is 0.216 e. The SMILES string of the molecule is [2H]C1([2H])C([2H])([2H])C1([2H])Oc1cc(F)ccn1. The van der Waals surface area contributed by atoms with E-state index in [1.54, 1.807) is 0 Å². The molecule has 0 amide bonds. The monoisotopic (exact) mass is 158 g/mol. The van der Waals surface area contributed by atoms with E-state index in [-0.39, 0.29) is 5.88 Å². The van der Waals surface area contributed by atoms with Gasteiger partial charge in [-0.25, -0.2) is 9.37 Å². The average molecular weight is 158 g/mol. The third-order valence-electron chi connectivity index (χ3n) is 1.13. The number of hydrogen-bond donors (Lipinski definition) is 0. The second-order valence-electron chi connectivity index (χ2n) is 1.99. The van der Waals surface area contributed by atoms with Crippen LogP contribution in [0.4, 0.5) is 4.39 Å². The maximum absolute atomic E-state index is 12.8. The summed E-state index contributed by atoms with van der Waals surface area (Å²) in [6.07, 6.45) is -6.15. The Hall–Kier alpha value is -1.12. The van der Waals surface area contributed by atoms with Crippen LogP contribution in [0.5, 0.6) is 5.88 Å². The first-order valence-corrected chi connectivity index (χ1v) is 3.03. The Balaban J connectivity index is 2.25. The number of hydrogen-bond acceptors (Lipinski definition) is 2. The molecule has 0 bridgehead atoms. The molecule has 1 heterocycles. The average Bonchev–Trinajstić information content (AvgIpc) is 2.44. The van der Waals surface area contributed by atoms with Crippen molar-refractivity contribution in [3.63, 3.8) is 0 Å². The lowest BCUT2D eigenvalue weighted by molar-refractivity contribution is 0.289. The predicted molar refractivity (Wildman–Crippen MR) is 37.8 cm³/mol. The maximum atomic E-state index is 12.8. The van der Waals surface area contributed by atoms with Gasteiger partial charge in [0.15, 0.2) is 0 Å². The molecule has 0 unspecified atom stereocenters. The van der Waals surface area contributed by atoms with E-state index in [0.717, 1.165) is 18.3 Å². The molecule has 0 saturated heterocycles. The van der Waals surface area contributed by atoms with Crippen LogP contribution in [0, 0.1) is 5.82 Å². The van der Waals surface area contributed by atoms with E-state index in [1.165, 1.54) is 0 Å². The standard InChI is InChI=1S/C8H8FNO/c9-6-3-4-10-8(5-6)11-7-1-2-7/h3-5,7H,1-2H2/i1D2,2D2,7D. The number of nitrogens with zero attached hydrogens (tertiary/aromatic N) is 1. The van der Waals surface area contributed by atoms with Crippen molar-refractivity contribution < 1.29 is 16.0 Å². The summed E-state index contributed by atoms with van der Waals surface area (Å²) in [5, 5.41) is 0. The molecule has 11 heavy (non-hydrogen) atoms. The summed E-state index contributed by atoms with van der Waals surface area (Å²) in [5.41, 5.74) is 0. The van der Waals surface area contributed by atoms with E-state index in [0.29, 0.717) is 0 Å². The third-order valence-corrected chi connectivity index (χ3v) is 1.13. The van der Waals surface area contributed by atoms with Crippen LogP contribution in [-0.4, -0.2) is 11.1 Å². The molecule has 1 fully saturated rings. The largest absolute Gasteiger partial charge is 0.474 e. The van der Waals surface area contributed by atoms with E-state index in [4.69, 9.17) is 11.6 Å². The highest BCUT2D eigenvalue weighted by Gasteiger charge is 2.23. The summed E-state index contributed by atoms with van der Waals surface area (Å²) in [6.45, 7) is 0. The summed E-state index contributed by atoms with van der Waals surface area (Å²) >= 11 is 0. The fraction of sp³-hybridized carbons (Fsp3) is 0.375. The molecular formula is C8H8FNO. The molecule has 0 aliphatic heterocycles. The van der Waals surface area contributed by atoms with Gasteiger partial charge in [0.2, 0.25) is 5.88 Å². The van der Waals surface area contributed by atoms with Gasteiger partial charge in [0.05, 0.1) is 1.37 Å². The second kappa shape index (κ2) is 2.49. The lowest BCUT2D eigenvalue weighted by Gasteiger charge is -2.00. The van der Waals surface area contributed by atoms with Crippen LogP contribution in [0.2, 0.25) is 0 Å². The Morgan fingerprint density at radius 3 is 3.27 bits per heavy atom. The molecular weight excluding hydrogens is 145 g/mol. The number of aromatic nitrogens is 1. The van der Waals surface area contributed by atoms with Gasteiger partial charge in [-0.2, -0.15) is 0 Å². The van der Waals surface area contributed by atoms with Crippen molar-refractivity contribution in [3.8, 4) is 5.88 Å². The first-order valence-electron chi connectivity index (χ1n) is 5.53. The highest BCUT2D eigenvalue weighted by atomic mass is 19.1. The van der Waals surface area contributed by atoms with E-state index >= 15 is 0 Å². The van der Waals surface area contributed by atoms with Crippen LogP contribution in [0.1, 0.15) is 19.6 Å². The van der Waals surface area contributed by atoms with Gasteiger partial charge in [0.25, 0.3) is 0 Å². The molecule has 0 atom stereocenters. The zero-order valence-corrected chi connectivity index (χ0v) is 5.47. The zero-order chi connectivity index (χ0) is 12.2. The highest BCUT2D eigenvalue weighted by molar-refractivity contribution is 5.12. The highest BCUT2D eigenvalue weighted by Crippen LogP contribution is 2.25. The number of pyridine rings is 1. The number of halogens is 1. The molecule has 0 N–H and O–H groups in total. The van der Waals surface area contributed by atoms with E-state index in [9.17, 15) is 4.39 Å². The molecule has 0 aromatic carbocycles. The molecule has 1 aliphatic carbocycles. The van der Waals surface area contributed by atoms with Crippen molar-refractivity contribution in [1.82, 2.24) is 4.98 Å².